The minimum Gasteiger partial charge on any atom is -0.396 e. The van der Waals surface area contributed by atoms with Gasteiger partial charge in [-0.15, -0.1) is 0 Å². The lowest BCUT2D eigenvalue weighted by Gasteiger charge is -2.32. The van der Waals surface area contributed by atoms with Crippen LogP contribution >= 0.6 is 0 Å². The van der Waals surface area contributed by atoms with Crippen LogP contribution in [0.5, 0.6) is 0 Å². The van der Waals surface area contributed by atoms with Gasteiger partial charge in [-0.1, -0.05) is 32.1 Å². The van der Waals surface area contributed by atoms with Crippen LogP contribution in [0.1, 0.15) is 58.3 Å². The lowest BCUT2D eigenvalue weighted by molar-refractivity contribution is -0.141. The van der Waals surface area contributed by atoms with Gasteiger partial charge in [0.05, 0.1) is 13.2 Å². The van der Waals surface area contributed by atoms with Gasteiger partial charge in [-0.25, -0.2) is 0 Å². The topological polar surface area (TPSA) is 122 Å². The Morgan fingerprint density at radius 1 is 1.21 bits per heavy atom. The van der Waals surface area contributed by atoms with Crippen LogP contribution in [0.3, 0.4) is 0 Å². The number of amides is 3. The maximum atomic E-state index is 13.0. The number of aliphatic hydroxyl groups excluding tert-OH is 1. The molecule has 1 saturated heterocycles. The van der Waals surface area contributed by atoms with Crippen LogP contribution in [0.25, 0.3) is 0 Å². The molecule has 3 amide bonds. The number of aliphatic hydroxyl groups is 1. The highest BCUT2D eigenvalue weighted by Crippen LogP contribution is 2.31. The molecule has 0 aromatic heterocycles. The summed E-state index contributed by atoms with van der Waals surface area (Å²) >= 11 is 0. The van der Waals surface area contributed by atoms with E-state index in [4.69, 9.17) is 10.5 Å². The minimum absolute atomic E-state index is 0.0433. The zero-order chi connectivity index (χ0) is 20.6. The van der Waals surface area contributed by atoms with Crippen molar-refractivity contribution >= 4 is 17.7 Å². The number of morpholine rings is 1. The molecule has 1 saturated carbocycles. The highest BCUT2D eigenvalue weighted by molar-refractivity contribution is 5.92. The number of nitrogens with two attached hydrogens (primary N) is 1. The molecule has 2 aliphatic rings. The summed E-state index contributed by atoms with van der Waals surface area (Å²) in [5, 5.41) is 12.0. The van der Waals surface area contributed by atoms with Gasteiger partial charge in [0.1, 0.15) is 5.54 Å². The molecule has 0 radical (unpaired) electrons. The van der Waals surface area contributed by atoms with E-state index >= 15 is 0 Å². The standard InChI is InChI=1S/C20H35N3O5/c1-20(7-10-24,19(21)27)22-18(26)16(13-15-5-3-2-4-6-15)14-17(25)23-8-11-28-12-9-23/h15-16,24H,2-14H2,1H3,(H2,21,27)(H,22,26)/t16-,20-/m1/s1. The Kier molecular flexibility index (Phi) is 8.69. The van der Waals surface area contributed by atoms with Crippen LogP contribution in [-0.2, 0) is 19.1 Å². The molecule has 2 atom stereocenters. The average molecular weight is 398 g/mol. The third kappa shape index (κ3) is 6.44. The van der Waals surface area contributed by atoms with E-state index in [1.165, 1.54) is 13.3 Å². The molecular weight excluding hydrogens is 362 g/mol. The summed E-state index contributed by atoms with van der Waals surface area (Å²) in [7, 11) is 0. The van der Waals surface area contributed by atoms with Crippen LogP contribution < -0.4 is 11.1 Å². The van der Waals surface area contributed by atoms with Crippen molar-refractivity contribution in [2.45, 2.75) is 63.8 Å². The van der Waals surface area contributed by atoms with Gasteiger partial charge in [0.2, 0.25) is 17.7 Å². The largest absolute Gasteiger partial charge is 0.396 e. The van der Waals surface area contributed by atoms with Crippen LogP contribution in [0.15, 0.2) is 0 Å². The Morgan fingerprint density at radius 3 is 2.43 bits per heavy atom. The van der Waals surface area contributed by atoms with Gasteiger partial charge in [-0.2, -0.15) is 0 Å². The summed E-state index contributed by atoms with van der Waals surface area (Å²) in [6, 6.07) is 0. The maximum absolute atomic E-state index is 13.0. The molecule has 0 spiro atoms. The van der Waals surface area contributed by atoms with Crippen LogP contribution in [0.2, 0.25) is 0 Å². The number of nitrogens with zero attached hydrogens (tertiary/aromatic N) is 1. The fourth-order valence-electron chi connectivity index (χ4n) is 4.11. The molecule has 160 valence electrons. The van der Waals surface area contributed by atoms with Crippen molar-refractivity contribution < 1.29 is 24.2 Å². The number of carbonyl (C=O) groups is 3. The predicted octanol–water partition coefficient (Wildman–Crippen LogP) is 0.565. The van der Waals surface area contributed by atoms with Crippen LogP contribution in [0.4, 0.5) is 0 Å². The number of hydrogen-bond acceptors (Lipinski definition) is 5. The van der Waals surface area contributed by atoms with Gasteiger partial charge >= 0.3 is 0 Å². The SMILES string of the molecule is C[C@](CCO)(NC(=O)[C@@H](CC(=O)N1CCOCC1)CC1CCCCC1)C(N)=O. The monoisotopic (exact) mass is 397 g/mol. The molecule has 2 rings (SSSR count). The number of ether oxygens (including phenoxy) is 1. The van der Waals surface area contributed by atoms with Crippen LogP contribution in [-0.4, -0.2) is 66.2 Å². The van der Waals surface area contributed by atoms with Gasteiger partial charge < -0.3 is 25.8 Å². The minimum atomic E-state index is -1.32. The first-order valence-corrected chi connectivity index (χ1v) is 10.4. The second-order valence-electron chi connectivity index (χ2n) is 8.29. The fraction of sp³-hybridized carbons (Fsp3) is 0.850. The van der Waals surface area contributed by atoms with Crippen molar-refractivity contribution in [2.75, 3.05) is 32.9 Å². The Bertz CT molecular complexity index is 544. The molecule has 0 aromatic carbocycles. The number of carbonyl (C=O) groups excluding carboxylic acids is 3. The Labute approximate surface area is 167 Å². The molecular formula is C20H35N3O5. The van der Waals surface area contributed by atoms with Gasteiger partial charge in [-0.05, 0) is 19.3 Å². The van der Waals surface area contributed by atoms with Crippen molar-refractivity contribution in [1.29, 1.82) is 0 Å². The molecule has 0 bridgehead atoms. The average Bonchev–Trinajstić information content (AvgIpc) is 2.69. The quantitative estimate of drug-likeness (QED) is 0.525. The molecule has 4 N–H and O–H groups in total. The number of hydrogen-bond donors (Lipinski definition) is 3. The van der Waals surface area contributed by atoms with E-state index < -0.39 is 17.4 Å². The molecule has 1 aliphatic carbocycles. The summed E-state index contributed by atoms with van der Waals surface area (Å²) in [6.45, 7) is 3.37. The highest BCUT2D eigenvalue weighted by atomic mass is 16.5. The Morgan fingerprint density at radius 2 is 1.86 bits per heavy atom. The summed E-state index contributed by atoms with van der Waals surface area (Å²) in [4.78, 5) is 39.4. The normalized spacial score (nSPS) is 21.6. The van der Waals surface area contributed by atoms with E-state index in [1.807, 2.05) is 0 Å². The number of rotatable bonds is 9. The summed E-state index contributed by atoms with van der Waals surface area (Å²) in [5.41, 5.74) is 4.13. The van der Waals surface area contributed by atoms with E-state index in [2.05, 4.69) is 5.32 Å². The first-order valence-electron chi connectivity index (χ1n) is 10.4. The molecule has 28 heavy (non-hydrogen) atoms. The fourth-order valence-corrected chi connectivity index (χ4v) is 4.11. The van der Waals surface area contributed by atoms with Crippen molar-refractivity contribution in [3.63, 3.8) is 0 Å². The second-order valence-corrected chi connectivity index (χ2v) is 8.29. The van der Waals surface area contributed by atoms with Crippen molar-refractivity contribution in [1.82, 2.24) is 10.2 Å². The van der Waals surface area contributed by atoms with E-state index in [0.29, 0.717) is 38.6 Å². The zero-order valence-electron chi connectivity index (χ0n) is 17.0. The summed E-state index contributed by atoms with van der Waals surface area (Å²) in [6.07, 6.45) is 6.46. The first kappa shape index (κ1) is 22.6. The molecule has 1 heterocycles. The molecule has 0 aromatic rings. The lowest BCUT2D eigenvalue weighted by atomic mass is 9.81. The Hall–Kier alpha value is -1.67. The van der Waals surface area contributed by atoms with Crippen LogP contribution in [0, 0.1) is 11.8 Å². The zero-order valence-corrected chi connectivity index (χ0v) is 17.0. The van der Waals surface area contributed by atoms with Gasteiger partial charge in [0.25, 0.3) is 0 Å². The molecule has 8 heteroatoms. The summed E-state index contributed by atoms with van der Waals surface area (Å²) < 4.78 is 5.29. The van der Waals surface area contributed by atoms with Gasteiger partial charge in [0.15, 0.2) is 0 Å². The third-order valence-electron chi connectivity index (χ3n) is 6.05. The van der Waals surface area contributed by atoms with Gasteiger partial charge in [0, 0.05) is 38.5 Å². The van der Waals surface area contributed by atoms with E-state index in [-0.39, 0.29) is 31.3 Å². The van der Waals surface area contributed by atoms with Gasteiger partial charge in [-0.3, -0.25) is 14.4 Å². The Balaban J connectivity index is 2.07. The second kappa shape index (κ2) is 10.8. The first-order chi connectivity index (χ1) is 13.4. The van der Waals surface area contributed by atoms with Crippen molar-refractivity contribution in [3.05, 3.63) is 0 Å². The highest BCUT2D eigenvalue weighted by Gasteiger charge is 2.36. The smallest absolute Gasteiger partial charge is 0.242 e. The third-order valence-corrected chi connectivity index (χ3v) is 6.05. The van der Waals surface area contributed by atoms with Crippen molar-refractivity contribution in [2.24, 2.45) is 17.6 Å². The molecule has 8 nitrogen and oxygen atoms in total. The molecule has 0 unspecified atom stereocenters. The van der Waals surface area contributed by atoms with E-state index in [9.17, 15) is 19.5 Å². The van der Waals surface area contributed by atoms with E-state index in [0.717, 1.165) is 25.7 Å². The number of nitrogens with one attached hydrogen (secondary N) is 1. The number of primary amides is 1. The molecule has 1 aliphatic heterocycles. The van der Waals surface area contributed by atoms with Crippen molar-refractivity contribution in [3.8, 4) is 0 Å². The molecule has 2 fully saturated rings. The summed E-state index contributed by atoms with van der Waals surface area (Å²) in [5.74, 6) is -1.16. The predicted molar refractivity (Wildman–Crippen MR) is 104 cm³/mol. The lowest BCUT2D eigenvalue weighted by Crippen LogP contribution is -2.57. The van der Waals surface area contributed by atoms with E-state index in [1.54, 1.807) is 4.90 Å². The maximum Gasteiger partial charge on any atom is 0.242 e.